The van der Waals surface area contributed by atoms with Crippen molar-refractivity contribution in [2.24, 2.45) is 0 Å². The first kappa shape index (κ1) is 28.4. The van der Waals surface area contributed by atoms with Crippen LogP contribution in [0.2, 0.25) is 0 Å². The molecule has 0 aromatic heterocycles. The Balaban J connectivity index is 0.000000227. The fraction of sp³-hybridized carbons (Fsp3) is 0.176. The molecule has 0 N–H and O–H groups in total. The second kappa shape index (κ2) is 16.9. The fourth-order valence-electron chi connectivity index (χ4n) is 3.04. The highest BCUT2D eigenvalue weighted by molar-refractivity contribution is 5.82. The Hall–Kier alpha value is -3.64. The van der Waals surface area contributed by atoms with Crippen molar-refractivity contribution < 1.29 is 0 Å². The highest BCUT2D eigenvalue weighted by atomic mass is 13.9. The predicted molar refractivity (Wildman–Crippen MR) is 154 cm³/mol. The van der Waals surface area contributed by atoms with Crippen molar-refractivity contribution in [2.45, 2.75) is 41.5 Å². The van der Waals surface area contributed by atoms with Crippen LogP contribution in [0.4, 0.5) is 0 Å². The smallest absolute Gasteiger partial charge is 0.0184 e. The summed E-state index contributed by atoms with van der Waals surface area (Å²) in [6.07, 6.45) is 1.14. The predicted octanol–water partition coefficient (Wildman–Crippen LogP) is 10.0. The van der Waals surface area contributed by atoms with Crippen molar-refractivity contribution in [3.63, 3.8) is 0 Å². The van der Waals surface area contributed by atoms with Crippen LogP contribution >= 0.6 is 0 Å². The molecular formula is C34H40. The first-order valence-corrected chi connectivity index (χ1v) is 11.6. The van der Waals surface area contributed by atoms with Crippen LogP contribution in [0.1, 0.15) is 36.6 Å². The van der Waals surface area contributed by atoms with E-state index in [1.165, 1.54) is 33.0 Å². The summed E-state index contributed by atoms with van der Waals surface area (Å²) in [4.78, 5) is 0. The molecule has 0 unspecified atom stereocenters. The first-order chi connectivity index (χ1) is 16.1. The quantitative estimate of drug-likeness (QED) is 0.239. The Morgan fingerprint density at radius 2 is 0.735 bits per heavy atom. The zero-order valence-electron chi connectivity index (χ0n) is 20.4. The molecule has 0 heteroatoms. The van der Waals surface area contributed by atoms with Crippen LogP contribution in [-0.2, 0) is 6.42 Å². The van der Waals surface area contributed by atoms with Gasteiger partial charge in [-0.25, -0.2) is 0 Å². The van der Waals surface area contributed by atoms with Gasteiger partial charge in [-0.05, 0) is 54.7 Å². The second-order valence-corrected chi connectivity index (χ2v) is 7.93. The minimum atomic E-state index is 0. The van der Waals surface area contributed by atoms with E-state index in [0.29, 0.717) is 0 Å². The van der Waals surface area contributed by atoms with E-state index in [9.17, 15) is 0 Å². The van der Waals surface area contributed by atoms with Crippen LogP contribution in [0.25, 0.3) is 10.8 Å². The fourth-order valence-corrected chi connectivity index (χ4v) is 3.04. The van der Waals surface area contributed by atoms with Gasteiger partial charge in [0.2, 0.25) is 0 Å². The Morgan fingerprint density at radius 3 is 1.00 bits per heavy atom. The topological polar surface area (TPSA) is 0 Å². The van der Waals surface area contributed by atoms with Crippen molar-refractivity contribution in [3.8, 4) is 0 Å². The average molecular weight is 449 g/mol. The minimum absolute atomic E-state index is 0. The van der Waals surface area contributed by atoms with E-state index in [1.807, 2.05) is 24.3 Å². The molecular weight excluding hydrogens is 408 g/mol. The number of aryl methyl sites for hydroxylation is 4. The lowest BCUT2D eigenvalue weighted by Crippen LogP contribution is -1.74. The SMILES string of the molecule is C.CCc1ccccc1.Cc1ccccc1.Cc1ccccc1C.c1ccc2ccccc2c1. The summed E-state index contributed by atoms with van der Waals surface area (Å²) in [5.41, 5.74) is 5.47. The van der Waals surface area contributed by atoms with Gasteiger partial charge in [0.15, 0.2) is 0 Å². The Morgan fingerprint density at radius 1 is 0.412 bits per heavy atom. The lowest BCUT2D eigenvalue weighted by atomic mass is 10.1. The van der Waals surface area contributed by atoms with Gasteiger partial charge in [0, 0.05) is 0 Å². The number of hydrogen-bond donors (Lipinski definition) is 0. The van der Waals surface area contributed by atoms with Crippen LogP contribution in [0.5, 0.6) is 0 Å². The minimum Gasteiger partial charge on any atom is -0.0776 e. The van der Waals surface area contributed by atoms with E-state index in [2.05, 4.69) is 137 Å². The first-order valence-electron chi connectivity index (χ1n) is 11.6. The number of rotatable bonds is 1. The van der Waals surface area contributed by atoms with Crippen molar-refractivity contribution >= 4 is 10.8 Å². The van der Waals surface area contributed by atoms with Gasteiger partial charge in [-0.15, -0.1) is 0 Å². The summed E-state index contributed by atoms with van der Waals surface area (Å²) in [5.74, 6) is 0. The van der Waals surface area contributed by atoms with E-state index < -0.39 is 0 Å². The Kier molecular flexibility index (Phi) is 14.1. The summed E-state index contributed by atoms with van der Waals surface area (Å²) in [6, 6.07) is 45.8. The van der Waals surface area contributed by atoms with Crippen LogP contribution < -0.4 is 0 Å². The maximum Gasteiger partial charge on any atom is -0.0184 e. The molecule has 0 spiro atoms. The third kappa shape index (κ3) is 11.3. The van der Waals surface area contributed by atoms with Gasteiger partial charge < -0.3 is 0 Å². The molecule has 0 aliphatic carbocycles. The summed E-state index contributed by atoms with van der Waals surface area (Å²) in [6.45, 7) is 8.49. The highest BCUT2D eigenvalue weighted by Crippen LogP contribution is 2.11. The molecule has 0 saturated carbocycles. The monoisotopic (exact) mass is 448 g/mol. The van der Waals surface area contributed by atoms with Crippen LogP contribution in [0.15, 0.2) is 133 Å². The standard InChI is InChI=1S/C10H8.2C8H10.C7H8.CH4/c1-2-6-10-8-4-3-7-9(10)5-1;1-7-5-3-4-6-8(7)2;1-2-8-6-4-3-5-7-8;1-7-5-3-2-4-6-7;/h1-8H;3-6H,1-2H3;3-7H,2H2,1H3;2-6H,1H3;1H4. The van der Waals surface area contributed by atoms with Crippen molar-refractivity contribution in [1.82, 2.24) is 0 Å². The lowest BCUT2D eigenvalue weighted by Gasteiger charge is -1.93. The van der Waals surface area contributed by atoms with Gasteiger partial charge >= 0.3 is 0 Å². The van der Waals surface area contributed by atoms with Gasteiger partial charge in [0.1, 0.15) is 0 Å². The Labute approximate surface area is 207 Å². The van der Waals surface area contributed by atoms with E-state index >= 15 is 0 Å². The van der Waals surface area contributed by atoms with Crippen molar-refractivity contribution in [1.29, 1.82) is 0 Å². The van der Waals surface area contributed by atoms with E-state index in [4.69, 9.17) is 0 Å². The average Bonchev–Trinajstić information content (AvgIpc) is 2.88. The molecule has 0 bridgehead atoms. The van der Waals surface area contributed by atoms with Gasteiger partial charge in [-0.2, -0.15) is 0 Å². The normalized spacial score (nSPS) is 9.06. The molecule has 34 heavy (non-hydrogen) atoms. The molecule has 0 aliphatic rings. The van der Waals surface area contributed by atoms with Crippen LogP contribution in [-0.4, -0.2) is 0 Å². The maximum absolute atomic E-state index is 2.16. The van der Waals surface area contributed by atoms with Crippen molar-refractivity contribution in [3.05, 3.63) is 156 Å². The van der Waals surface area contributed by atoms with E-state index in [1.54, 1.807) is 0 Å². The molecule has 0 aliphatic heterocycles. The van der Waals surface area contributed by atoms with Gasteiger partial charge in [0.05, 0.1) is 0 Å². The number of hydrogen-bond acceptors (Lipinski definition) is 0. The maximum atomic E-state index is 2.16. The molecule has 0 amide bonds. The summed E-state index contributed by atoms with van der Waals surface area (Å²) in [7, 11) is 0. The van der Waals surface area contributed by atoms with E-state index in [0.717, 1.165) is 6.42 Å². The molecule has 5 rings (SSSR count). The van der Waals surface area contributed by atoms with Gasteiger partial charge in [0.25, 0.3) is 0 Å². The zero-order chi connectivity index (χ0) is 23.7. The van der Waals surface area contributed by atoms with Gasteiger partial charge in [-0.1, -0.05) is 153 Å². The van der Waals surface area contributed by atoms with Crippen LogP contribution in [0.3, 0.4) is 0 Å². The number of fused-ring (bicyclic) bond motifs is 1. The molecule has 0 radical (unpaired) electrons. The second-order valence-electron chi connectivity index (χ2n) is 7.93. The molecule has 5 aromatic carbocycles. The summed E-state index contributed by atoms with van der Waals surface area (Å²) in [5, 5.41) is 2.62. The zero-order valence-corrected chi connectivity index (χ0v) is 20.4. The van der Waals surface area contributed by atoms with Crippen molar-refractivity contribution in [2.75, 3.05) is 0 Å². The molecule has 0 heterocycles. The molecule has 0 nitrogen and oxygen atoms in total. The summed E-state index contributed by atoms with van der Waals surface area (Å²) < 4.78 is 0. The van der Waals surface area contributed by atoms with Crippen LogP contribution in [0, 0.1) is 20.8 Å². The lowest BCUT2D eigenvalue weighted by molar-refractivity contribution is 1.14. The summed E-state index contributed by atoms with van der Waals surface area (Å²) >= 11 is 0. The third-order valence-corrected chi connectivity index (χ3v) is 5.28. The molecule has 0 saturated heterocycles. The van der Waals surface area contributed by atoms with E-state index in [-0.39, 0.29) is 7.43 Å². The Bertz CT molecular complexity index is 1070. The van der Waals surface area contributed by atoms with Gasteiger partial charge in [-0.3, -0.25) is 0 Å². The third-order valence-electron chi connectivity index (χ3n) is 5.28. The molecule has 0 atom stereocenters. The highest BCUT2D eigenvalue weighted by Gasteiger charge is 1.85. The molecule has 5 aromatic rings. The number of benzene rings is 5. The molecule has 0 fully saturated rings. The largest absolute Gasteiger partial charge is 0.0776 e. The molecule has 176 valence electrons.